The normalized spacial score (nSPS) is 11.3. The highest BCUT2D eigenvalue weighted by Gasteiger charge is 2.44. The summed E-state index contributed by atoms with van der Waals surface area (Å²) in [6.45, 7) is -0.253. The maximum absolute atomic E-state index is 13.1. The molecule has 0 aliphatic carbocycles. The van der Waals surface area contributed by atoms with Gasteiger partial charge in [0.15, 0.2) is 0 Å². The van der Waals surface area contributed by atoms with Crippen molar-refractivity contribution in [2.24, 2.45) is 0 Å². The summed E-state index contributed by atoms with van der Waals surface area (Å²) in [4.78, 5) is 13.1. The van der Waals surface area contributed by atoms with Crippen LogP contribution in [0.25, 0.3) is 5.57 Å². The van der Waals surface area contributed by atoms with Gasteiger partial charge in [0.2, 0.25) is 5.60 Å². The largest absolute Gasteiger partial charge is 0.515 e. The van der Waals surface area contributed by atoms with Gasteiger partial charge in [-0.25, -0.2) is 4.79 Å². The molecule has 0 aromatic heterocycles. The molecule has 7 heteroatoms. The fourth-order valence-electron chi connectivity index (χ4n) is 2.97. The number of carbonyl (C=O) groups is 1. The van der Waals surface area contributed by atoms with Crippen LogP contribution in [0.2, 0.25) is 10.0 Å². The number of halogens is 3. The minimum Gasteiger partial charge on any atom is -0.515 e. The molecule has 0 amide bonds. The van der Waals surface area contributed by atoms with Crippen LogP contribution in [0.5, 0.6) is 0 Å². The monoisotopic (exact) mass is 522 g/mol. The Hall–Kier alpha value is -2.31. The van der Waals surface area contributed by atoms with E-state index in [9.17, 15) is 15.0 Å². The van der Waals surface area contributed by atoms with E-state index in [1.165, 1.54) is 12.1 Å². The zero-order valence-corrected chi connectivity index (χ0v) is 19.7. The lowest BCUT2D eigenvalue weighted by Crippen LogP contribution is -2.39. The number of alkyl halides is 1. The Morgan fingerprint density at radius 1 is 0.903 bits per heavy atom. The Kier molecular flexibility index (Phi) is 9.59. The summed E-state index contributed by atoms with van der Waals surface area (Å²) >= 11 is 15.5. The van der Waals surface area contributed by atoms with E-state index in [1.807, 2.05) is 11.9 Å². The van der Waals surface area contributed by atoms with Gasteiger partial charge in [0.1, 0.15) is 6.61 Å². The average molecular weight is 524 g/mol. The highest BCUT2D eigenvalue weighted by Crippen LogP contribution is 2.39. The second kappa shape index (κ2) is 11.9. The molecule has 162 valence electrons. The zero-order valence-electron chi connectivity index (χ0n) is 16.6. The molecule has 0 atom stereocenters. The molecule has 0 saturated carbocycles. The maximum Gasteiger partial charge on any atom is 0.348 e. The first-order valence-corrected chi connectivity index (χ1v) is 11.5. The third-order valence-electron chi connectivity index (χ3n) is 4.48. The fraction of sp³-hybridized carbons (Fsp3) is 0.125. The predicted molar refractivity (Wildman–Crippen MR) is 129 cm³/mol. The smallest absolute Gasteiger partial charge is 0.348 e. The molecule has 2 N–H and O–H groups in total. The molecule has 3 rings (SSSR count). The maximum atomic E-state index is 13.1. The van der Waals surface area contributed by atoms with Crippen molar-refractivity contribution in [2.75, 3.05) is 12.4 Å². The van der Waals surface area contributed by atoms with Crippen LogP contribution in [0.1, 0.15) is 16.7 Å². The molecule has 0 radical (unpaired) electrons. The van der Waals surface area contributed by atoms with Crippen molar-refractivity contribution in [3.8, 4) is 0 Å². The molecule has 3 aromatic carbocycles. The van der Waals surface area contributed by atoms with E-state index in [0.29, 0.717) is 11.1 Å². The second-order valence-electron chi connectivity index (χ2n) is 6.27. The quantitative estimate of drug-likeness (QED) is 0.223. The van der Waals surface area contributed by atoms with Crippen LogP contribution in [0, 0.1) is 0 Å². The van der Waals surface area contributed by atoms with Crippen molar-refractivity contribution in [3.63, 3.8) is 0 Å². The van der Waals surface area contributed by atoms with E-state index in [-0.39, 0.29) is 27.8 Å². The molecule has 0 aliphatic heterocycles. The predicted octanol–water partition coefficient (Wildman–Crippen LogP) is 6.38. The van der Waals surface area contributed by atoms with Crippen molar-refractivity contribution in [1.29, 1.82) is 0 Å². The zero-order chi connectivity index (χ0) is 22.9. The number of ether oxygens (including phenoxy) is 1. The average Bonchev–Trinajstić information content (AvgIpc) is 2.81. The molecule has 0 bridgehead atoms. The highest BCUT2D eigenvalue weighted by molar-refractivity contribution is 9.08. The molecular formula is C24H21BrCl2O4. The van der Waals surface area contributed by atoms with Gasteiger partial charge in [-0.1, -0.05) is 106 Å². The third-order valence-corrected chi connectivity index (χ3v) is 5.14. The van der Waals surface area contributed by atoms with Gasteiger partial charge in [-0.15, -0.1) is 0 Å². The lowest BCUT2D eigenvalue weighted by atomic mass is 9.86. The standard InChI is InChI=1S/C23H18Cl2O4.CH3Br/c24-20-12-6-4-10-18(20)23(28,19-11-5-7-13-21(19)25)22(27)29-15-17(14-26)16-8-2-1-3-9-16;1-2/h1-14,26,28H,15H2;1H3. The first kappa shape index (κ1) is 25.0. The Morgan fingerprint density at radius 2 is 1.35 bits per heavy atom. The van der Waals surface area contributed by atoms with E-state index >= 15 is 0 Å². The number of hydrogen-bond acceptors (Lipinski definition) is 4. The van der Waals surface area contributed by atoms with Crippen LogP contribution in [0.4, 0.5) is 0 Å². The molecule has 3 aromatic rings. The summed E-state index contributed by atoms with van der Waals surface area (Å²) in [5.41, 5.74) is -0.877. The molecular weight excluding hydrogens is 503 g/mol. The van der Waals surface area contributed by atoms with Crippen molar-refractivity contribution >= 4 is 50.7 Å². The van der Waals surface area contributed by atoms with E-state index in [2.05, 4.69) is 15.9 Å². The van der Waals surface area contributed by atoms with Crippen molar-refractivity contribution in [3.05, 3.63) is 112 Å². The van der Waals surface area contributed by atoms with Crippen LogP contribution in [-0.2, 0) is 15.1 Å². The van der Waals surface area contributed by atoms with Crippen LogP contribution < -0.4 is 0 Å². The molecule has 0 fully saturated rings. The van der Waals surface area contributed by atoms with Gasteiger partial charge in [-0.3, -0.25) is 0 Å². The van der Waals surface area contributed by atoms with Crippen LogP contribution in [-0.4, -0.2) is 28.6 Å². The van der Waals surface area contributed by atoms with E-state index in [4.69, 9.17) is 27.9 Å². The highest BCUT2D eigenvalue weighted by atomic mass is 79.9. The van der Waals surface area contributed by atoms with Gasteiger partial charge in [-0.05, 0) is 23.5 Å². The van der Waals surface area contributed by atoms with Gasteiger partial charge < -0.3 is 14.9 Å². The van der Waals surface area contributed by atoms with Crippen LogP contribution in [0.3, 0.4) is 0 Å². The SMILES string of the molecule is CBr.O=C(OCC(=CO)c1ccccc1)C(O)(c1ccccc1Cl)c1ccccc1Cl. The van der Waals surface area contributed by atoms with Crippen molar-refractivity contribution < 1.29 is 19.7 Å². The number of hydrogen-bond donors (Lipinski definition) is 2. The molecule has 0 heterocycles. The summed E-state index contributed by atoms with van der Waals surface area (Å²) in [5, 5.41) is 21.4. The summed E-state index contributed by atoms with van der Waals surface area (Å²) in [6, 6.07) is 21.8. The lowest BCUT2D eigenvalue weighted by molar-refractivity contribution is -0.160. The van der Waals surface area contributed by atoms with Gasteiger partial charge in [0.25, 0.3) is 0 Å². The van der Waals surface area contributed by atoms with E-state index in [0.717, 1.165) is 6.26 Å². The second-order valence-corrected chi connectivity index (χ2v) is 7.08. The number of rotatable bonds is 6. The van der Waals surface area contributed by atoms with Crippen molar-refractivity contribution in [2.45, 2.75) is 5.60 Å². The number of esters is 1. The number of carbonyl (C=O) groups excluding carboxylic acids is 1. The third kappa shape index (κ3) is 5.69. The first-order chi connectivity index (χ1) is 15.0. The van der Waals surface area contributed by atoms with Crippen LogP contribution in [0.15, 0.2) is 85.1 Å². The minimum atomic E-state index is -2.23. The molecule has 0 spiro atoms. The first-order valence-electron chi connectivity index (χ1n) is 9.14. The van der Waals surface area contributed by atoms with Crippen LogP contribution >= 0.6 is 39.1 Å². The van der Waals surface area contributed by atoms with Gasteiger partial charge in [0, 0.05) is 26.7 Å². The number of aliphatic hydroxyl groups is 2. The van der Waals surface area contributed by atoms with Gasteiger partial charge >= 0.3 is 5.97 Å². The minimum absolute atomic E-state index is 0.147. The summed E-state index contributed by atoms with van der Waals surface area (Å²) in [5.74, 6) is 0.849. The number of aliphatic hydroxyl groups excluding tert-OH is 1. The Labute approximate surface area is 199 Å². The topological polar surface area (TPSA) is 66.8 Å². The van der Waals surface area contributed by atoms with Gasteiger partial charge in [0.05, 0.1) is 6.26 Å². The fourth-order valence-corrected chi connectivity index (χ4v) is 3.51. The summed E-state index contributed by atoms with van der Waals surface area (Å²) < 4.78 is 5.40. The Morgan fingerprint density at radius 3 is 1.81 bits per heavy atom. The molecule has 0 saturated heterocycles. The summed E-state index contributed by atoms with van der Waals surface area (Å²) in [7, 11) is 0. The molecule has 4 nitrogen and oxygen atoms in total. The van der Waals surface area contributed by atoms with E-state index < -0.39 is 11.6 Å². The number of benzene rings is 3. The Balaban J connectivity index is 0.00000166. The van der Waals surface area contributed by atoms with Gasteiger partial charge in [-0.2, -0.15) is 0 Å². The molecule has 31 heavy (non-hydrogen) atoms. The lowest BCUT2D eigenvalue weighted by Gasteiger charge is -2.28. The van der Waals surface area contributed by atoms with E-state index in [1.54, 1.807) is 60.7 Å². The van der Waals surface area contributed by atoms with Crippen molar-refractivity contribution in [1.82, 2.24) is 0 Å². The Bertz CT molecular complexity index is 993. The summed E-state index contributed by atoms with van der Waals surface area (Å²) in [6.07, 6.45) is 0.868. The molecule has 0 aliphatic rings. The molecule has 0 unspecified atom stereocenters.